The SMILES string of the molecule is COC(=O)C/C=C(\C)[C@H](C)[C@H](O)[C@@H](C)COCc1ccccc1. The summed E-state index contributed by atoms with van der Waals surface area (Å²) >= 11 is 0. The van der Waals surface area contributed by atoms with Crippen LogP contribution >= 0.6 is 0 Å². The lowest BCUT2D eigenvalue weighted by Crippen LogP contribution is -2.29. The fourth-order valence-electron chi connectivity index (χ4n) is 2.31. The third kappa shape index (κ3) is 6.97. The van der Waals surface area contributed by atoms with E-state index in [2.05, 4.69) is 4.74 Å². The molecule has 1 rings (SSSR count). The minimum Gasteiger partial charge on any atom is -0.469 e. The van der Waals surface area contributed by atoms with Crippen LogP contribution in [0, 0.1) is 11.8 Å². The van der Waals surface area contributed by atoms with Gasteiger partial charge in [0.05, 0.1) is 32.8 Å². The van der Waals surface area contributed by atoms with Gasteiger partial charge in [0.25, 0.3) is 0 Å². The molecular formula is C19H28O4. The zero-order valence-corrected chi connectivity index (χ0v) is 14.5. The summed E-state index contributed by atoms with van der Waals surface area (Å²) in [4.78, 5) is 11.2. The van der Waals surface area contributed by atoms with Crippen LogP contribution < -0.4 is 0 Å². The highest BCUT2D eigenvalue weighted by Crippen LogP contribution is 2.21. The predicted molar refractivity (Wildman–Crippen MR) is 90.8 cm³/mol. The number of carbonyl (C=O) groups excluding carboxylic acids is 1. The van der Waals surface area contributed by atoms with Crippen molar-refractivity contribution in [3.05, 3.63) is 47.5 Å². The van der Waals surface area contributed by atoms with Gasteiger partial charge in [-0.3, -0.25) is 4.79 Å². The second kappa shape index (κ2) is 10.2. The molecule has 3 atom stereocenters. The fraction of sp³-hybridized carbons (Fsp3) is 0.526. The summed E-state index contributed by atoms with van der Waals surface area (Å²) in [7, 11) is 1.37. The van der Waals surface area contributed by atoms with Crippen molar-refractivity contribution in [1.29, 1.82) is 0 Å². The van der Waals surface area contributed by atoms with Gasteiger partial charge < -0.3 is 14.6 Å². The van der Waals surface area contributed by atoms with Crippen LogP contribution in [0.5, 0.6) is 0 Å². The van der Waals surface area contributed by atoms with E-state index in [1.165, 1.54) is 7.11 Å². The van der Waals surface area contributed by atoms with Crippen molar-refractivity contribution < 1.29 is 19.4 Å². The normalized spacial score (nSPS) is 15.8. The summed E-state index contributed by atoms with van der Waals surface area (Å²) in [6.07, 6.45) is 1.54. The summed E-state index contributed by atoms with van der Waals surface area (Å²) in [6, 6.07) is 9.97. The van der Waals surface area contributed by atoms with Gasteiger partial charge in [0.2, 0.25) is 0 Å². The van der Waals surface area contributed by atoms with Gasteiger partial charge in [0.15, 0.2) is 0 Å². The molecule has 1 N–H and O–H groups in total. The Morgan fingerprint density at radius 1 is 1.26 bits per heavy atom. The van der Waals surface area contributed by atoms with E-state index in [0.29, 0.717) is 13.2 Å². The first-order chi connectivity index (χ1) is 11.0. The van der Waals surface area contributed by atoms with Crippen molar-refractivity contribution in [2.45, 2.75) is 39.9 Å². The molecule has 0 spiro atoms. The Balaban J connectivity index is 2.42. The molecule has 0 saturated heterocycles. The summed E-state index contributed by atoms with van der Waals surface area (Å²) in [6.45, 7) is 6.89. The lowest BCUT2D eigenvalue weighted by Gasteiger charge is -2.25. The van der Waals surface area contributed by atoms with Gasteiger partial charge in [-0.15, -0.1) is 0 Å². The third-order valence-electron chi connectivity index (χ3n) is 4.12. The van der Waals surface area contributed by atoms with E-state index in [4.69, 9.17) is 4.74 Å². The van der Waals surface area contributed by atoms with Crippen LogP contribution in [0.4, 0.5) is 0 Å². The first-order valence-corrected chi connectivity index (χ1v) is 7.99. The quantitative estimate of drug-likeness (QED) is 0.560. The van der Waals surface area contributed by atoms with E-state index in [0.717, 1.165) is 11.1 Å². The van der Waals surface area contributed by atoms with Crippen molar-refractivity contribution in [1.82, 2.24) is 0 Å². The number of hydrogen-bond donors (Lipinski definition) is 1. The van der Waals surface area contributed by atoms with Crippen LogP contribution in [0.15, 0.2) is 42.0 Å². The van der Waals surface area contributed by atoms with E-state index < -0.39 is 6.10 Å². The zero-order chi connectivity index (χ0) is 17.2. The van der Waals surface area contributed by atoms with Crippen LogP contribution in [-0.4, -0.2) is 30.9 Å². The molecule has 0 unspecified atom stereocenters. The fourth-order valence-corrected chi connectivity index (χ4v) is 2.31. The molecule has 0 aliphatic heterocycles. The smallest absolute Gasteiger partial charge is 0.309 e. The summed E-state index contributed by atoms with van der Waals surface area (Å²) < 4.78 is 10.3. The molecule has 0 bridgehead atoms. The largest absolute Gasteiger partial charge is 0.469 e. The van der Waals surface area contributed by atoms with E-state index in [1.807, 2.05) is 57.2 Å². The van der Waals surface area contributed by atoms with Crippen LogP contribution in [0.2, 0.25) is 0 Å². The lowest BCUT2D eigenvalue weighted by atomic mass is 9.88. The molecule has 1 aromatic rings. The Labute approximate surface area is 139 Å². The number of methoxy groups -OCH3 is 1. The van der Waals surface area contributed by atoms with Gasteiger partial charge in [0.1, 0.15) is 0 Å². The Morgan fingerprint density at radius 3 is 2.52 bits per heavy atom. The van der Waals surface area contributed by atoms with Crippen molar-refractivity contribution >= 4 is 5.97 Å². The van der Waals surface area contributed by atoms with E-state index in [9.17, 15) is 9.90 Å². The Kier molecular flexibility index (Phi) is 8.59. The highest BCUT2D eigenvalue weighted by Gasteiger charge is 2.22. The Morgan fingerprint density at radius 2 is 1.91 bits per heavy atom. The van der Waals surface area contributed by atoms with E-state index in [1.54, 1.807) is 0 Å². The molecule has 23 heavy (non-hydrogen) atoms. The number of ether oxygens (including phenoxy) is 2. The van der Waals surface area contributed by atoms with Gasteiger partial charge in [-0.25, -0.2) is 0 Å². The molecule has 4 nitrogen and oxygen atoms in total. The molecule has 1 aromatic carbocycles. The average Bonchev–Trinajstić information content (AvgIpc) is 2.58. The average molecular weight is 320 g/mol. The molecule has 0 fully saturated rings. The number of rotatable bonds is 9. The van der Waals surface area contributed by atoms with Crippen LogP contribution in [0.1, 0.15) is 32.8 Å². The number of aliphatic hydroxyl groups is 1. The molecule has 0 amide bonds. The minimum atomic E-state index is -0.514. The van der Waals surface area contributed by atoms with Gasteiger partial charge in [-0.2, -0.15) is 0 Å². The van der Waals surface area contributed by atoms with Crippen molar-refractivity contribution in [3.63, 3.8) is 0 Å². The molecular weight excluding hydrogens is 292 g/mol. The minimum absolute atomic E-state index is 0.00943. The van der Waals surface area contributed by atoms with Crippen molar-refractivity contribution in [2.75, 3.05) is 13.7 Å². The Hall–Kier alpha value is -1.65. The summed E-state index contributed by atoms with van der Waals surface area (Å²) in [5, 5.41) is 10.4. The monoisotopic (exact) mass is 320 g/mol. The first-order valence-electron chi connectivity index (χ1n) is 7.99. The Bertz CT molecular complexity index is 495. The van der Waals surface area contributed by atoms with E-state index in [-0.39, 0.29) is 24.2 Å². The van der Waals surface area contributed by atoms with Crippen LogP contribution in [0.25, 0.3) is 0 Å². The molecule has 128 valence electrons. The van der Waals surface area contributed by atoms with Gasteiger partial charge in [-0.05, 0) is 12.5 Å². The zero-order valence-electron chi connectivity index (χ0n) is 14.5. The summed E-state index contributed by atoms with van der Waals surface area (Å²) in [5.41, 5.74) is 2.11. The standard InChI is InChI=1S/C19H28O4/c1-14(10-11-18(20)22-4)16(3)19(21)15(2)12-23-13-17-8-6-5-7-9-17/h5-10,15-16,19,21H,11-13H2,1-4H3/b14-10+/t15-,16-,19+/m0/s1. The van der Waals surface area contributed by atoms with Crippen LogP contribution in [-0.2, 0) is 20.9 Å². The van der Waals surface area contributed by atoms with Crippen molar-refractivity contribution in [3.8, 4) is 0 Å². The number of aliphatic hydroxyl groups excluding tert-OH is 1. The molecule has 0 heterocycles. The number of benzene rings is 1. The molecule has 0 saturated carbocycles. The maximum absolute atomic E-state index is 11.2. The van der Waals surface area contributed by atoms with Crippen molar-refractivity contribution in [2.24, 2.45) is 11.8 Å². The summed E-state index contributed by atoms with van der Waals surface area (Å²) in [5.74, 6) is -0.296. The number of hydrogen-bond acceptors (Lipinski definition) is 4. The van der Waals surface area contributed by atoms with Gasteiger partial charge >= 0.3 is 5.97 Å². The molecule has 0 radical (unpaired) electrons. The van der Waals surface area contributed by atoms with Crippen LogP contribution in [0.3, 0.4) is 0 Å². The molecule has 4 heteroatoms. The first kappa shape index (κ1) is 19.4. The number of esters is 1. The molecule has 0 aliphatic carbocycles. The number of carbonyl (C=O) groups is 1. The topological polar surface area (TPSA) is 55.8 Å². The maximum atomic E-state index is 11.2. The second-order valence-corrected chi connectivity index (χ2v) is 5.99. The third-order valence-corrected chi connectivity index (χ3v) is 4.12. The highest BCUT2D eigenvalue weighted by atomic mass is 16.5. The predicted octanol–water partition coefficient (Wildman–Crippen LogP) is 3.35. The van der Waals surface area contributed by atoms with Gasteiger partial charge in [0, 0.05) is 11.8 Å². The lowest BCUT2D eigenvalue weighted by molar-refractivity contribution is -0.139. The van der Waals surface area contributed by atoms with Gasteiger partial charge in [-0.1, -0.05) is 55.8 Å². The maximum Gasteiger partial charge on any atom is 0.309 e. The molecule has 0 aromatic heterocycles. The highest BCUT2D eigenvalue weighted by molar-refractivity contribution is 5.71. The van der Waals surface area contributed by atoms with E-state index >= 15 is 0 Å². The second-order valence-electron chi connectivity index (χ2n) is 5.99. The molecule has 0 aliphatic rings.